The molecule has 1 aromatic rings. The summed E-state index contributed by atoms with van der Waals surface area (Å²) < 4.78 is 33.7. The monoisotopic (exact) mass is 281 g/mol. The van der Waals surface area contributed by atoms with E-state index in [1.165, 1.54) is 18.6 Å². The second-order valence-corrected chi connectivity index (χ2v) is 6.02. The molecule has 4 heteroatoms. The Labute approximate surface area is 118 Å². The third-order valence-corrected chi connectivity index (χ3v) is 5.04. The molecule has 1 spiro atoms. The molecule has 110 valence electrons. The van der Waals surface area contributed by atoms with E-state index < -0.39 is 11.6 Å². The molecule has 0 bridgehead atoms. The lowest BCUT2D eigenvalue weighted by atomic mass is 9.51. The average molecular weight is 281 g/mol. The molecule has 0 heterocycles. The smallest absolute Gasteiger partial charge is 0.152 e. The van der Waals surface area contributed by atoms with E-state index in [0.717, 1.165) is 19.3 Å². The quantitative estimate of drug-likeness (QED) is 0.899. The topological polar surface area (TPSA) is 21.3 Å². The summed E-state index contributed by atoms with van der Waals surface area (Å²) in [6.07, 6.45) is 4.44. The van der Waals surface area contributed by atoms with Crippen LogP contribution in [0.25, 0.3) is 0 Å². The van der Waals surface area contributed by atoms with E-state index in [1.54, 1.807) is 6.92 Å². The van der Waals surface area contributed by atoms with Gasteiger partial charge in [0.2, 0.25) is 0 Å². The predicted molar refractivity (Wildman–Crippen MR) is 74.8 cm³/mol. The van der Waals surface area contributed by atoms with Gasteiger partial charge in [-0.3, -0.25) is 0 Å². The van der Waals surface area contributed by atoms with Crippen LogP contribution in [0.15, 0.2) is 12.1 Å². The first-order valence-corrected chi connectivity index (χ1v) is 7.41. The van der Waals surface area contributed by atoms with Gasteiger partial charge in [-0.2, -0.15) is 0 Å². The minimum absolute atomic E-state index is 0.0243. The Balaban J connectivity index is 1.78. The van der Waals surface area contributed by atoms with E-state index in [0.29, 0.717) is 12.2 Å². The van der Waals surface area contributed by atoms with E-state index in [1.807, 2.05) is 6.92 Å². The normalized spacial score (nSPS) is 27.0. The molecule has 2 nitrogen and oxygen atoms in total. The highest BCUT2D eigenvalue weighted by Crippen LogP contribution is 2.58. The predicted octanol–water partition coefficient (Wildman–Crippen LogP) is 4.03. The zero-order chi connectivity index (χ0) is 14.3. The number of nitrogens with one attached hydrogen (secondary N) is 1. The summed E-state index contributed by atoms with van der Waals surface area (Å²) in [6.45, 7) is 4.35. The number of aryl methyl sites for hydroxylation is 1. The summed E-state index contributed by atoms with van der Waals surface area (Å²) in [4.78, 5) is 0. The maximum absolute atomic E-state index is 14.1. The third-order valence-electron chi connectivity index (χ3n) is 5.04. The Bertz CT molecular complexity index is 513. The molecule has 0 radical (unpaired) electrons. The second kappa shape index (κ2) is 4.99. The molecule has 2 aliphatic rings. The molecule has 0 amide bonds. The molecule has 1 aromatic carbocycles. The van der Waals surface area contributed by atoms with Gasteiger partial charge in [-0.1, -0.05) is 12.5 Å². The molecule has 2 unspecified atom stereocenters. The molecule has 0 aromatic heterocycles. The number of ether oxygens (including phenoxy) is 1. The first kappa shape index (κ1) is 13.8. The third kappa shape index (κ3) is 1.93. The van der Waals surface area contributed by atoms with Crippen LogP contribution in [-0.4, -0.2) is 18.8 Å². The maximum Gasteiger partial charge on any atom is 0.152 e. The SMILES string of the molecule is CCOC1CC(Nc2c(F)ccc(C)c2F)C12CCC2. The van der Waals surface area contributed by atoms with Gasteiger partial charge in [0.1, 0.15) is 11.5 Å². The van der Waals surface area contributed by atoms with Crippen molar-refractivity contribution < 1.29 is 13.5 Å². The first-order valence-electron chi connectivity index (χ1n) is 7.41. The average Bonchev–Trinajstić information content (AvgIpc) is 2.34. The molecule has 2 atom stereocenters. The minimum Gasteiger partial charge on any atom is -0.378 e. The van der Waals surface area contributed by atoms with Crippen LogP contribution in [0.2, 0.25) is 0 Å². The standard InChI is InChI=1S/C16H21F2NO/c1-3-20-13-9-12(16(13)7-4-8-16)19-15-11(17)6-5-10(2)14(15)18/h5-6,12-13,19H,3-4,7-9H2,1-2H3. The molecule has 20 heavy (non-hydrogen) atoms. The first-order chi connectivity index (χ1) is 9.58. The van der Waals surface area contributed by atoms with Gasteiger partial charge in [0.25, 0.3) is 0 Å². The van der Waals surface area contributed by atoms with Crippen molar-refractivity contribution in [1.29, 1.82) is 0 Å². The Morgan fingerprint density at radius 2 is 2.10 bits per heavy atom. The van der Waals surface area contributed by atoms with Gasteiger partial charge in [0.05, 0.1) is 6.10 Å². The summed E-state index contributed by atoms with van der Waals surface area (Å²) >= 11 is 0. The molecule has 2 aliphatic carbocycles. The fourth-order valence-electron chi connectivity index (χ4n) is 3.60. The van der Waals surface area contributed by atoms with Crippen molar-refractivity contribution >= 4 is 5.69 Å². The van der Waals surface area contributed by atoms with E-state index in [4.69, 9.17) is 4.74 Å². The number of halogens is 2. The highest BCUT2D eigenvalue weighted by atomic mass is 19.1. The molecular weight excluding hydrogens is 260 g/mol. The summed E-state index contributed by atoms with van der Waals surface area (Å²) in [7, 11) is 0. The summed E-state index contributed by atoms with van der Waals surface area (Å²) in [5.74, 6) is -0.984. The van der Waals surface area contributed by atoms with Crippen LogP contribution in [0.3, 0.4) is 0 Å². The van der Waals surface area contributed by atoms with Gasteiger partial charge in [-0.15, -0.1) is 0 Å². The fourth-order valence-corrected chi connectivity index (χ4v) is 3.60. The second-order valence-electron chi connectivity index (χ2n) is 6.02. The van der Waals surface area contributed by atoms with E-state index in [2.05, 4.69) is 5.32 Å². The Morgan fingerprint density at radius 3 is 2.70 bits per heavy atom. The van der Waals surface area contributed by atoms with Crippen LogP contribution in [0.4, 0.5) is 14.5 Å². The number of hydrogen-bond acceptors (Lipinski definition) is 2. The molecule has 1 N–H and O–H groups in total. The molecular formula is C16H21F2NO. The number of anilines is 1. The highest BCUT2D eigenvalue weighted by Gasteiger charge is 2.59. The van der Waals surface area contributed by atoms with Gasteiger partial charge >= 0.3 is 0 Å². The Hall–Kier alpha value is -1.16. The van der Waals surface area contributed by atoms with Crippen molar-refractivity contribution in [2.45, 2.75) is 51.7 Å². The van der Waals surface area contributed by atoms with Crippen LogP contribution in [0, 0.1) is 24.0 Å². The zero-order valence-corrected chi connectivity index (χ0v) is 12.0. The van der Waals surface area contributed by atoms with Gasteiger partial charge in [0, 0.05) is 18.1 Å². The van der Waals surface area contributed by atoms with E-state index >= 15 is 0 Å². The van der Waals surface area contributed by atoms with Gasteiger partial charge in [0.15, 0.2) is 5.82 Å². The fraction of sp³-hybridized carbons (Fsp3) is 0.625. The lowest BCUT2D eigenvalue weighted by Gasteiger charge is -2.61. The summed E-state index contributed by atoms with van der Waals surface area (Å²) in [5, 5.41) is 3.11. The van der Waals surface area contributed by atoms with Crippen LogP contribution < -0.4 is 5.32 Å². The van der Waals surface area contributed by atoms with Crippen molar-refractivity contribution in [2.75, 3.05) is 11.9 Å². The van der Waals surface area contributed by atoms with E-state index in [9.17, 15) is 8.78 Å². The van der Waals surface area contributed by atoms with E-state index in [-0.39, 0.29) is 23.2 Å². The maximum atomic E-state index is 14.1. The van der Waals surface area contributed by atoms with Gasteiger partial charge in [-0.05, 0) is 44.7 Å². The molecule has 3 rings (SSSR count). The lowest BCUT2D eigenvalue weighted by Crippen LogP contribution is -2.64. The van der Waals surface area contributed by atoms with Crippen LogP contribution >= 0.6 is 0 Å². The summed E-state index contributed by atoms with van der Waals surface area (Å²) in [5.41, 5.74) is 0.590. The van der Waals surface area contributed by atoms with Crippen LogP contribution in [0.1, 0.15) is 38.2 Å². The number of hydrogen-bond donors (Lipinski definition) is 1. The van der Waals surface area contributed by atoms with Gasteiger partial charge < -0.3 is 10.1 Å². The lowest BCUT2D eigenvalue weighted by molar-refractivity contribution is -0.157. The largest absolute Gasteiger partial charge is 0.378 e. The number of benzene rings is 1. The molecule has 0 saturated heterocycles. The van der Waals surface area contributed by atoms with Crippen molar-refractivity contribution in [3.05, 3.63) is 29.3 Å². The van der Waals surface area contributed by atoms with Crippen molar-refractivity contribution in [2.24, 2.45) is 5.41 Å². The molecule has 2 saturated carbocycles. The summed E-state index contributed by atoms with van der Waals surface area (Å²) in [6, 6.07) is 2.92. The van der Waals surface area contributed by atoms with Crippen molar-refractivity contribution in [1.82, 2.24) is 0 Å². The Morgan fingerprint density at radius 1 is 1.35 bits per heavy atom. The van der Waals surface area contributed by atoms with Crippen molar-refractivity contribution in [3.8, 4) is 0 Å². The Kier molecular flexibility index (Phi) is 3.44. The van der Waals surface area contributed by atoms with Crippen molar-refractivity contribution in [3.63, 3.8) is 0 Å². The zero-order valence-electron chi connectivity index (χ0n) is 12.0. The molecule has 2 fully saturated rings. The van der Waals surface area contributed by atoms with Gasteiger partial charge in [-0.25, -0.2) is 8.78 Å². The molecule has 0 aliphatic heterocycles. The highest BCUT2D eigenvalue weighted by molar-refractivity contribution is 5.51. The van der Waals surface area contributed by atoms with Crippen LogP contribution in [0.5, 0.6) is 0 Å². The van der Waals surface area contributed by atoms with Crippen LogP contribution in [-0.2, 0) is 4.74 Å². The minimum atomic E-state index is -0.512. The number of rotatable bonds is 4.